The molecule has 5 heteroatoms. The van der Waals surface area contributed by atoms with E-state index in [0.717, 1.165) is 18.9 Å². The first-order valence-corrected chi connectivity index (χ1v) is 8.06. The molecule has 0 amide bonds. The molecule has 0 saturated carbocycles. The van der Waals surface area contributed by atoms with Gasteiger partial charge in [-0.2, -0.15) is 0 Å². The number of rotatable bonds is 3. The maximum atomic E-state index is 6.38. The Morgan fingerprint density at radius 3 is 2.65 bits per heavy atom. The molecule has 1 aromatic rings. The van der Waals surface area contributed by atoms with Crippen molar-refractivity contribution in [3.8, 4) is 0 Å². The van der Waals surface area contributed by atoms with Crippen LogP contribution in [0, 0.1) is 11.8 Å². The summed E-state index contributed by atoms with van der Waals surface area (Å²) >= 11 is 12.6. The summed E-state index contributed by atoms with van der Waals surface area (Å²) in [7, 11) is 0. The van der Waals surface area contributed by atoms with E-state index in [2.05, 4.69) is 36.0 Å². The molecule has 0 aliphatic carbocycles. The Labute approximate surface area is 131 Å². The minimum Gasteiger partial charge on any atom is -0.369 e. The molecular weight excluding hydrogens is 293 g/mol. The Morgan fingerprint density at radius 2 is 2.00 bits per heavy atom. The van der Waals surface area contributed by atoms with E-state index in [-0.39, 0.29) is 0 Å². The maximum Gasteiger partial charge on any atom is 0.150 e. The highest BCUT2D eigenvalue weighted by Crippen LogP contribution is 2.37. The van der Waals surface area contributed by atoms with Crippen molar-refractivity contribution in [3.05, 3.63) is 16.1 Å². The predicted molar refractivity (Wildman–Crippen MR) is 88.2 cm³/mol. The van der Waals surface area contributed by atoms with Crippen molar-refractivity contribution < 1.29 is 0 Å². The molecule has 0 aromatic carbocycles. The van der Waals surface area contributed by atoms with Crippen LogP contribution in [0.1, 0.15) is 34.1 Å². The lowest BCUT2D eigenvalue weighted by Gasteiger charge is -2.42. The fraction of sp³-hybridized carbons (Fsp3) is 0.667. The highest BCUT2D eigenvalue weighted by molar-refractivity contribution is 6.37. The Balaban J connectivity index is 2.37. The van der Waals surface area contributed by atoms with E-state index in [1.165, 1.54) is 6.42 Å². The van der Waals surface area contributed by atoms with Gasteiger partial charge in [-0.3, -0.25) is 0 Å². The van der Waals surface area contributed by atoms with Crippen LogP contribution in [0.3, 0.4) is 0 Å². The zero-order chi connectivity index (χ0) is 14.9. The molecule has 1 fully saturated rings. The third kappa shape index (κ3) is 3.15. The van der Waals surface area contributed by atoms with E-state index >= 15 is 0 Å². The molecule has 3 atom stereocenters. The van der Waals surface area contributed by atoms with Crippen LogP contribution >= 0.6 is 23.2 Å². The summed E-state index contributed by atoms with van der Waals surface area (Å²) in [5, 5.41) is 4.40. The summed E-state index contributed by atoms with van der Waals surface area (Å²) in [4.78, 5) is 6.97. The normalized spacial score (nSPS) is 26.7. The molecule has 1 aliphatic rings. The van der Waals surface area contributed by atoms with Crippen LogP contribution in [0.15, 0.2) is 6.07 Å². The van der Waals surface area contributed by atoms with Gasteiger partial charge in [-0.05, 0) is 38.2 Å². The van der Waals surface area contributed by atoms with Gasteiger partial charge in [0.1, 0.15) is 11.6 Å². The molecular formula is C15H23Cl2N3. The lowest BCUT2D eigenvalue weighted by Crippen LogP contribution is -2.46. The van der Waals surface area contributed by atoms with E-state index < -0.39 is 0 Å². The number of nitrogens with zero attached hydrogens (tertiary/aromatic N) is 2. The number of nitrogens with one attached hydrogen (secondary N) is 1. The molecule has 112 valence electrons. The summed E-state index contributed by atoms with van der Waals surface area (Å²) in [5.41, 5.74) is 0. The predicted octanol–water partition coefficient (Wildman–Crippen LogP) is 4.69. The van der Waals surface area contributed by atoms with Gasteiger partial charge < -0.3 is 10.2 Å². The van der Waals surface area contributed by atoms with Gasteiger partial charge in [0.2, 0.25) is 0 Å². The fourth-order valence-electron chi connectivity index (χ4n) is 2.94. The van der Waals surface area contributed by atoms with Gasteiger partial charge in [-0.15, -0.1) is 0 Å². The van der Waals surface area contributed by atoms with E-state index in [9.17, 15) is 0 Å². The maximum absolute atomic E-state index is 6.38. The van der Waals surface area contributed by atoms with E-state index in [0.29, 0.717) is 33.7 Å². The topological polar surface area (TPSA) is 28.2 Å². The summed E-state index contributed by atoms with van der Waals surface area (Å²) in [6.45, 7) is 10.6. The standard InChI is InChI=1S/C15H23Cl2N3/c1-5-18-14-12(16)7-13(17)15(19-14)20-8-9(2)6-10(3)11(20)4/h7,9-11H,5-6,8H2,1-4H3,(H,18,19). The number of hydrogen-bond acceptors (Lipinski definition) is 3. The van der Waals surface area contributed by atoms with Crippen LogP contribution in [0.4, 0.5) is 11.6 Å². The van der Waals surface area contributed by atoms with Crippen molar-refractivity contribution in [2.24, 2.45) is 11.8 Å². The molecule has 1 aromatic heterocycles. The van der Waals surface area contributed by atoms with Crippen molar-refractivity contribution >= 4 is 34.8 Å². The van der Waals surface area contributed by atoms with E-state index in [1.54, 1.807) is 6.07 Å². The second-order valence-electron chi connectivity index (χ2n) is 5.87. The highest BCUT2D eigenvalue weighted by Gasteiger charge is 2.31. The Bertz CT molecular complexity index is 478. The summed E-state index contributed by atoms with van der Waals surface area (Å²) in [6, 6.07) is 2.23. The monoisotopic (exact) mass is 315 g/mol. The van der Waals surface area contributed by atoms with Crippen LogP contribution in [0.5, 0.6) is 0 Å². The van der Waals surface area contributed by atoms with Crippen molar-refractivity contribution in [3.63, 3.8) is 0 Å². The van der Waals surface area contributed by atoms with Crippen LogP contribution in [-0.4, -0.2) is 24.1 Å². The fourth-order valence-corrected chi connectivity index (χ4v) is 3.48. The molecule has 0 spiro atoms. The number of aromatic nitrogens is 1. The average molecular weight is 316 g/mol. The highest BCUT2D eigenvalue weighted by atomic mass is 35.5. The zero-order valence-electron chi connectivity index (χ0n) is 12.6. The third-order valence-corrected chi connectivity index (χ3v) is 4.69. The lowest BCUT2D eigenvalue weighted by molar-refractivity contribution is 0.295. The summed E-state index contributed by atoms with van der Waals surface area (Å²) < 4.78 is 0. The van der Waals surface area contributed by atoms with Crippen LogP contribution in [0.25, 0.3) is 0 Å². The number of pyridine rings is 1. The van der Waals surface area contributed by atoms with Crippen molar-refractivity contribution in [1.82, 2.24) is 4.98 Å². The summed E-state index contributed by atoms with van der Waals surface area (Å²) in [5.74, 6) is 2.84. The van der Waals surface area contributed by atoms with E-state index in [4.69, 9.17) is 23.2 Å². The average Bonchev–Trinajstić information content (AvgIpc) is 2.37. The number of anilines is 2. The second kappa shape index (κ2) is 6.40. The number of hydrogen-bond donors (Lipinski definition) is 1. The molecule has 1 N–H and O–H groups in total. The Kier molecular flexibility index (Phi) is 5.03. The van der Waals surface area contributed by atoms with Crippen LogP contribution < -0.4 is 10.2 Å². The number of halogens is 2. The molecule has 3 unspecified atom stereocenters. The SMILES string of the molecule is CCNc1nc(N2CC(C)CC(C)C2C)c(Cl)cc1Cl. The quantitative estimate of drug-likeness (QED) is 0.877. The largest absolute Gasteiger partial charge is 0.369 e. The lowest BCUT2D eigenvalue weighted by atomic mass is 9.86. The van der Waals surface area contributed by atoms with Gasteiger partial charge in [0.15, 0.2) is 0 Å². The van der Waals surface area contributed by atoms with Gasteiger partial charge >= 0.3 is 0 Å². The van der Waals surface area contributed by atoms with Gasteiger partial charge in [-0.1, -0.05) is 37.0 Å². The molecule has 20 heavy (non-hydrogen) atoms. The zero-order valence-corrected chi connectivity index (χ0v) is 14.1. The van der Waals surface area contributed by atoms with Crippen molar-refractivity contribution in [2.45, 2.75) is 40.2 Å². The van der Waals surface area contributed by atoms with Crippen molar-refractivity contribution in [2.75, 3.05) is 23.3 Å². The molecule has 3 nitrogen and oxygen atoms in total. The van der Waals surface area contributed by atoms with Crippen LogP contribution in [-0.2, 0) is 0 Å². The number of piperidine rings is 1. The second-order valence-corrected chi connectivity index (χ2v) is 6.68. The van der Waals surface area contributed by atoms with Crippen LogP contribution in [0.2, 0.25) is 10.0 Å². The molecule has 2 heterocycles. The summed E-state index contributed by atoms with van der Waals surface area (Å²) in [6.07, 6.45) is 1.25. The molecule has 1 saturated heterocycles. The third-order valence-electron chi connectivity index (χ3n) is 4.12. The molecule has 0 radical (unpaired) electrons. The van der Waals surface area contributed by atoms with Gasteiger partial charge in [0.25, 0.3) is 0 Å². The molecule has 1 aliphatic heterocycles. The minimum atomic E-state index is 0.437. The van der Waals surface area contributed by atoms with Gasteiger partial charge in [0.05, 0.1) is 10.0 Å². The van der Waals surface area contributed by atoms with Crippen molar-refractivity contribution in [1.29, 1.82) is 0 Å². The molecule has 2 rings (SSSR count). The first kappa shape index (κ1) is 15.7. The van der Waals surface area contributed by atoms with Gasteiger partial charge in [-0.25, -0.2) is 4.98 Å². The van der Waals surface area contributed by atoms with Gasteiger partial charge in [0, 0.05) is 19.1 Å². The minimum absolute atomic E-state index is 0.437. The smallest absolute Gasteiger partial charge is 0.150 e. The Hall–Kier alpha value is -0.670. The Morgan fingerprint density at radius 1 is 1.30 bits per heavy atom. The molecule has 0 bridgehead atoms. The first-order chi connectivity index (χ1) is 9.43. The van der Waals surface area contributed by atoms with E-state index in [1.807, 2.05) is 6.92 Å². The first-order valence-electron chi connectivity index (χ1n) is 7.30.